The number of nitrogens with two attached hydrogens (primary N) is 1. The minimum absolute atomic E-state index is 0.0850. The van der Waals surface area contributed by atoms with Gasteiger partial charge in [0.1, 0.15) is 0 Å². The van der Waals surface area contributed by atoms with E-state index in [9.17, 15) is 9.18 Å². The molecule has 0 aliphatic rings. The summed E-state index contributed by atoms with van der Waals surface area (Å²) in [6.07, 6.45) is 0. The first-order valence-electron chi connectivity index (χ1n) is 3.70. The number of esters is 1. The molecule has 0 saturated heterocycles. The summed E-state index contributed by atoms with van der Waals surface area (Å²) in [6.45, 7) is 0. The Hall–Kier alpha value is -1.42. The number of halogens is 1. The molecule has 70 valence electrons. The zero-order chi connectivity index (χ0) is 9.90. The van der Waals surface area contributed by atoms with Crippen molar-refractivity contribution < 1.29 is 13.9 Å². The normalized spacial score (nSPS) is 14.7. The van der Waals surface area contributed by atoms with Gasteiger partial charge in [-0.1, -0.05) is 30.3 Å². The monoisotopic (exact) mass is 183 g/mol. The van der Waals surface area contributed by atoms with Crippen LogP contribution in [0.1, 0.15) is 5.56 Å². The van der Waals surface area contributed by atoms with Crippen molar-refractivity contribution >= 4 is 5.97 Å². The first kappa shape index (κ1) is 9.67. The molecule has 2 N–H and O–H groups in total. The van der Waals surface area contributed by atoms with Gasteiger partial charge in [-0.25, -0.2) is 9.18 Å². The van der Waals surface area contributed by atoms with Crippen LogP contribution >= 0.6 is 0 Å². The molecule has 1 rings (SSSR count). The lowest BCUT2D eigenvalue weighted by molar-refractivity contribution is -0.155. The van der Waals surface area contributed by atoms with Gasteiger partial charge in [0.2, 0.25) is 0 Å². The molecule has 0 heterocycles. The van der Waals surface area contributed by atoms with Gasteiger partial charge < -0.3 is 4.74 Å². The standard InChI is InChI=1S/C9H10FNO2/c1-13-8(12)9(10,11)7-5-3-2-4-6-7/h2-6H,11H2,1H3. The van der Waals surface area contributed by atoms with E-state index < -0.39 is 11.8 Å². The van der Waals surface area contributed by atoms with Gasteiger partial charge in [0.05, 0.1) is 7.11 Å². The highest BCUT2D eigenvalue weighted by atomic mass is 19.1. The second kappa shape index (κ2) is 3.53. The number of hydrogen-bond donors (Lipinski definition) is 1. The third-order valence-corrected chi connectivity index (χ3v) is 1.68. The largest absolute Gasteiger partial charge is 0.465 e. The van der Waals surface area contributed by atoms with Crippen molar-refractivity contribution in [3.05, 3.63) is 35.9 Å². The van der Waals surface area contributed by atoms with Gasteiger partial charge in [0.25, 0.3) is 5.79 Å². The zero-order valence-corrected chi connectivity index (χ0v) is 7.16. The van der Waals surface area contributed by atoms with Gasteiger partial charge in [-0.2, -0.15) is 0 Å². The fourth-order valence-corrected chi connectivity index (χ4v) is 0.947. The molecule has 3 nitrogen and oxygen atoms in total. The molecule has 4 heteroatoms. The number of methoxy groups -OCH3 is 1. The Morgan fingerprint density at radius 3 is 2.46 bits per heavy atom. The van der Waals surface area contributed by atoms with Crippen molar-refractivity contribution in [3.8, 4) is 0 Å². The van der Waals surface area contributed by atoms with E-state index in [1.54, 1.807) is 18.2 Å². The molecule has 0 bridgehead atoms. The Morgan fingerprint density at radius 2 is 2.00 bits per heavy atom. The molecule has 0 spiro atoms. The van der Waals surface area contributed by atoms with E-state index in [0.29, 0.717) is 0 Å². The molecule has 1 atom stereocenters. The molecule has 1 aromatic rings. The van der Waals surface area contributed by atoms with Crippen LogP contribution in [0.2, 0.25) is 0 Å². The van der Waals surface area contributed by atoms with Gasteiger partial charge >= 0.3 is 5.97 Å². The van der Waals surface area contributed by atoms with Gasteiger partial charge in [-0.15, -0.1) is 0 Å². The number of hydrogen-bond acceptors (Lipinski definition) is 3. The van der Waals surface area contributed by atoms with E-state index in [0.717, 1.165) is 7.11 Å². The van der Waals surface area contributed by atoms with Crippen LogP contribution in [0, 0.1) is 0 Å². The van der Waals surface area contributed by atoms with Crippen molar-refractivity contribution in [2.75, 3.05) is 7.11 Å². The van der Waals surface area contributed by atoms with E-state index in [1.165, 1.54) is 12.1 Å². The Balaban J connectivity index is 3.00. The third-order valence-electron chi connectivity index (χ3n) is 1.68. The minimum atomic E-state index is -2.56. The van der Waals surface area contributed by atoms with Crippen LogP contribution in [0.3, 0.4) is 0 Å². The van der Waals surface area contributed by atoms with Crippen molar-refractivity contribution in [2.24, 2.45) is 5.73 Å². The third kappa shape index (κ3) is 1.84. The quantitative estimate of drug-likeness (QED) is 0.548. The number of rotatable bonds is 2. The molecule has 0 radical (unpaired) electrons. The second-order valence-electron chi connectivity index (χ2n) is 2.57. The molecule has 0 amide bonds. The fourth-order valence-electron chi connectivity index (χ4n) is 0.947. The van der Waals surface area contributed by atoms with Gasteiger partial charge in [0, 0.05) is 5.56 Å². The SMILES string of the molecule is COC(=O)C(N)(F)c1ccccc1. The summed E-state index contributed by atoms with van der Waals surface area (Å²) in [5, 5.41) is 0. The van der Waals surface area contributed by atoms with Gasteiger partial charge in [-0.3, -0.25) is 5.73 Å². The molecule has 0 aliphatic heterocycles. The summed E-state index contributed by atoms with van der Waals surface area (Å²) in [4.78, 5) is 10.9. The molecule has 0 saturated carbocycles. The Kier molecular flexibility index (Phi) is 2.63. The molecular weight excluding hydrogens is 173 g/mol. The van der Waals surface area contributed by atoms with Crippen LogP contribution in [-0.4, -0.2) is 13.1 Å². The molecule has 1 unspecified atom stereocenters. The lowest BCUT2D eigenvalue weighted by Crippen LogP contribution is -2.41. The van der Waals surface area contributed by atoms with E-state index in [-0.39, 0.29) is 5.56 Å². The lowest BCUT2D eigenvalue weighted by atomic mass is 10.1. The number of benzene rings is 1. The van der Waals surface area contributed by atoms with Crippen LogP contribution in [0.25, 0.3) is 0 Å². The number of carbonyl (C=O) groups is 1. The van der Waals surface area contributed by atoms with E-state index >= 15 is 0 Å². The minimum Gasteiger partial charge on any atom is -0.465 e. The van der Waals surface area contributed by atoms with Crippen LogP contribution in [0.5, 0.6) is 0 Å². The van der Waals surface area contributed by atoms with Crippen molar-refractivity contribution in [2.45, 2.75) is 5.79 Å². The van der Waals surface area contributed by atoms with Crippen molar-refractivity contribution in [1.29, 1.82) is 0 Å². The number of alkyl halides is 1. The van der Waals surface area contributed by atoms with Gasteiger partial charge in [0.15, 0.2) is 0 Å². The Bertz CT molecular complexity index is 298. The topological polar surface area (TPSA) is 52.3 Å². The zero-order valence-electron chi connectivity index (χ0n) is 7.16. The molecule has 1 aromatic carbocycles. The fraction of sp³-hybridized carbons (Fsp3) is 0.222. The smallest absolute Gasteiger partial charge is 0.363 e. The van der Waals surface area contributed by atoms with E-state index in [2.05, 4.69) is 4.74 Å². The summed E-state index contributed by atoms with van der Waals surface area (Å²) in [6, 6.07) is 7.75. The highest BCUT2D eigenvalue weighted by Gasteiger charge is 2.36. The summed E-state index contributed by atoms with van der Waals surface area (Å²) in [5.74, 6) is -3.66. The van der Waals surface area contributed by atoms with E-state index in [4.69, 9.17) is 5.73 Å². The first-order valence-corrected chi connectivity index (χ1v) is 3.70. The average molecular weight is 183 g/mol. The Labute approximate surface area is 75.3 Å². The second-order valence-corrected chi connectivity index (χ2v) is 2.57. The Morgan fingerprint density at radius 1 is 1.46 bits per heavy atom. The van der Waals surface area contributed by atoms with Crippen molar-refractivity contribution in [3.63, 3.8) is 0 Å². The maximum Gasteiger partial charge on any atom is 0.363 e. The molecule has 0 aromatic heterocycles. The predicted octanol–water partition coefficient (Wildman–Crippen LogP) is 0.941. The molecule has 13 heavy (non-hydrogen) atoms. The highest BCUT2D eigenvalue weighted by Crippen LogP contribution is 2.20. The maximum absolute atomic E-state index is 13.5. The molecule has 0 fully saturated rings. The van der Waals surface area contributed by atoms with Crippen molar-refractivity contribution in [1.82, 2.24) is 0 Å². The summed E-state index contributed by atoms with van der Waals surface area (Å²) >= 11 is 0. The highest BCUT2D eigenvalue weighted by molar-refractivity contribution is 5.80. The number of ether oxygens (including phenoxy) is 1. The summed E-state index contributed by atoms with van der Waals surface area (Å²) < 4.78 is 17.8. The maximum atomic E-state index is 13.5. The molecule has 0 aliphatic carbocycles. The number of carbonyl (C=O) groups excluding carboxylic acids is 1. The molecular formula is C9H10FNO2. The first-order chi connectivity index (χ1) is 6.09. The van der Waals surface area contributed by atoms with Crippen LogP contribution < -0.4 is 5.73 Å². The van der Waals surface area contributed by atoms with Crippen LogP contribution in [0.15, 0.2) is 30.3 Å². The van der Waals surface area contributed by atoms with E-state index in [1.807, 2.05) is 0 Å². The lowest BCUT2D eigenvalue weighted by Gasteiger charge is -2.16. The predicted molar refractivity (Wildman–Crippen MR) is 45.4 cm³/mol. The van der Waals surface area contributed by atoms with Crippen LogP contribution in [-0.2, 0) is 15.3 Å². The van der Waals surface area contributed by atoms with Crippen LogP contribution in [0.4, 0.5) is 4.39 Å². The summed E-state index contributed by atoms with van der Waals surface area (Å²) in [7, 11) is 1.09. The average Bonchev–Trinajstić information content (AvgIpc) is 2.18. The summed E-state index contributed by atoms with van der Waals surface area (Å²) in [5.41, 5.74) is 5.24. The van der Waals surface area contributed by atoms with Gasteiger partial charge in [-0.05, 0) is 0 Å².